The largest absolute Gasteiger partial charge is 0.487 e. The minimum absolute atomic E-state index is 0.0419. The van der Waals surface area contributed by atoms with Gasteiger partial charge in [-0.25, -0.2) is 0 Å². The summed E-state index contributed by atoms with van der Waals surface area (Å²) in [5, 5.41) is 4.49. The normalized spacial score (nSPS) is 13.6. The van der Waals surface area contributed by atoms with E-state index in [2.05, 4.69) is 15.1 Å². The van der Waals surface area contributed by atoms with Gasteiger partial charge >= 0.3 is 0 Å². The molecule has 0 spiro atoms. The number of aryl methyl sites for hydroxylation is 1. The lowest BCUT2D eigenvalue weighted by atomic mass is 10.2. The Kier molecular flexibility index (Phi) is 4.35. The second-order valence-electron chi connectivity index (χ2n) is 6.16. The Morgan fingerprint density at radius 2 is 1.92 bits per heavy atom. The Morgan fingerprint density at radius 3 is 2.73 bits per heavy atom. The highest BCUT2D eigenvalue weighted by atomic mass is 16.5. The van der Waals surface area contributed by atoms with Crippen LogP contribution in [0.4, 0.5) is 0 Å². The molecule has 0 radical (unpaired) electrons. The van der Waals surface area contributed by atoms with Crippen molar-refractivity contribution in [1.29, 1.82) is 0 Å². The van der Waals surface area contributed by atoms with Crippen LogP contribution in [-0.2, 0) is 19.7 Å². The molecule has 0 N–H and O–H groups in total. The minimum Gasteiger partial charge on any atom is -0.487 e. The van der Waals surface area contributed by atoms with Gasteiger partial charge in [0.15, 0.2) is 0 Å². The quantitative estimate of drug-likeness (QED) is 0.706. The maximum absolute atomic E-state index is 12.8. The van der Waals surface area contributed by atoms with Gasteiger partial charge in [0.1, 0.15) is 23.7 Å². The number of hydrogen-bond acceptors (Lipinski definition) is 5. The molecule has 0 bridgehead atoms. The third-order valence-electron chi connectivity index (χ3n) is 4.37. The van der Waals surface area contributed by atoms with E-state index in [0.717, 1.165) is 22.8 Å². The first kappa shape index (κ1) is 16.3. The predicted octanol–water partition coefficient (Wildman–Crippen LogP) is 2.22. The Labute approximate surface area is 151 Å². The van der Waals surface area contributed by atoms with E-state index in [1.165, 1.54) is 0 Å². The van der Waals surface area contributed by atoms with Crippen LogP contribution in [0.1, 0.15) is 27.6 Å². The van der Waals surface area contributed by atoms with E-state index < -0.39 is 0 Å². The molecule has 1 aliphatic rings. The first-order valence-corrected chi connectivity index (χ1v) is 8.51. The maximum atomic E-state index is 12.8. The number of amides is 1. The Balaban J connectivity index is 1.46. The van der Waals surface area contributed by atoms with E-state index >= 15 is 0 Å². The van der Waals surface area contributed by atoms with Gasteiger partial charge < -0.3 is 9.64 Å². The monoisotopic (exact) mass is 349 g/mol. The van der Waals surface area contributed by atoms with Crippen LogP contribution in [-0.4, -0.2) is 37.1 Å². The van der Waals surface area contributed by atoms with Crippen LogP contribution >= 0.6 is 0 Å². The molecule has 0 saturated heterocycles. The standard InChI is InChI=1S/C19H19N5O2/c1-14-17(21-8-7-20-14)12-23-9-10-24-18(19(23)25)11-15(22-24)13-26-16-5-3-2-4-6-16/h2-8,11H,9-10,12-13H2,1H3. The van der Waals surface area contributed by atoms with Crippen LogP contribution < -0.4 is 4.74 Å². The van der Waals surface area contributed by atoms with Gasteiger partial charge in [-0.05, 0) is 25.1 Å². The second-order valence-corrected chi connectivity index (χ2v) is 6.16. The Hall–Kier alpha value is -3.22. The van der Waals surface area contributed by atoms with Crippen molar-refractivity contribution < 1.29 is 9.53 Å². The van der Waals surface area contributed by atoms with Crippen LogP contribution in [0.3, 0.4) is 0 Å². The van der Waals surface area contributed by atoms with E-state index in [0.29, 0.717) is 31.9 Å². The zero-order valence-electron chi connectivity index (χ0n) is 14.5. The fourth-order valence-corrected chi connectivity index (χ4v) is 2.96. The van der Waals surface area contributed by atoms with Gasteiger partial charge in [-0.15, -0.1) is 0 Å². The summed E-state index contributed by atoms with van der Waals surface area (Å²) in [6, 6.07) is 11.4. The highest BCUT2D eigenvalue weighted by Crippen LogP contribution is 2.18. The number of fused-ring (bicyclic) bond motifs is 1. The summed E-state index contributed by atoms with van der Waals surface area (Å²) in [7, 11) is 0. The number of aromatic nitrogens is 4. The molecule has 1 aromatic carbocycles. The Morgan fingerprint density at radius 1 is 1.12 bits per heavy atom. The maximum Gasteiger partial charge on any atom is 0.272 e. The van der Waals surface area contributed by atoms with Gasteiger partial charge in [0.2, 0.25) is 0 Å². The summed E-state index contributed by atoms with van der Waals surface area (Å²) in [6.07, 6.45) is 3.31. The van der Waals surface area contributed by atoms with Crippen molar-refractivity contribution in [2.45, 2.75) is 26.6 Å². The van der Waals surface area contributed by atoms with E-state index in [1.54, 1.807) is 28.0 Å². The van der Waals surface area contributed by atoms with Crippen LogP contribution in [0.5, 0.6) is 5.75 Å². The van der Waals surface area contributed by atoms with Crippen molar-refractivity contribution in [2.24, 2.45) is 0 Å². The molecule has 132 valence electrons. The molecule has 4 rings (SSSR count). The molecule has 0 saturated carbocycles. The van der Waals surface area contributed by atoms with E-state index in [9.17, 15) is 4.79 Å². The highest BCUT2D eigenvalue weighted by Gasteiger charge is 2.27. The number of ether oxygens (including phenoxy) is 1. The molecular weight excluding hydrogens is 330 g/mol. The third kappa shape index (κ3) is 3.28. The van der Waals surface area contributed by atoms with Gasteiger partial charge in [-0.2, -0.15) is 5.10 Å². The summed E-state index contributed by atoms with van der Waals surface area (Å²) < 4.78 is 7.48. The molecule has 0 fully saturated rings. The number of hydrogen-bond donors (Lipinski definition) is 0. The van der Waals surface area contributed by atoms with Gasteiger partial charge in [0.25, 0.3) is 5.91 Å². The SMILES string of the molecule is Cc1nccnc1CN1CCn2nc(COc3ccccc3)cc2C1=O. The first-order chi connectivity index (χ1) is 12.7. The summed E-state index contributed by atoms with van der Waals surface area (Å²) in [4.78, 5) is 23.2. The topological polar surface area (TPSA) is 73.1 Å². The molecule has 7 nitrogen and oxygen atoms in total. The zero-order valence-corrected chi connectivity index (χ0v) is 14.5. The van der Waals surface area contributed by atoms with E-state index in [-0.39, 0.29) is 5.91 Å². The highest BCUT2D eigenvalue weighted by molar-refractivity contribution is 5.93. The fourth-order valence-electron chi connectivity index (χ4n) is 2.96. The number of nitrogens with zero attached hydrogens (tertiary/aromatic N) is 5. The molecule has 2 aromatic heterocycles. The van der Waals surface area contributed by atoms with Crippen LogP contribution in [0.15, 0.2) is 48.8 Å². The predicted molar refractivity (Wildman–Crippen MR) is 94.5 cm³/mol. The molecule has 1 amide bonds. The molecule has 3 heterocycles. The van der Waals surface area contributed by atoms with E-state index in [1.807, 2.05) is 37.3 Å². The lowest BCUT2D eigenvalue weighted by molar-refractivity contribution is 0.0680. The molecule has 1 aliphatic heterocycles. The molecule has 0 aliphatic carbocycles. The molecule has 0 atom stereocenters. The fraction of sp³-hybridized carbons (Fsp3) is 0.263. The second kappa shape index (κ2) is 6.95. The lowest BCUT2D eigenvalue weighted by Crippen LogP contribution is -2.40. The molecule has 3 aromatic rings. The van der Waals surface area contributed by atoms with Gasteiger partial charge in [-0.1, -0.05) is 18.2 Å². The Bertz CT molecular complexity index is 923. The molecular formula is C19H19N5O2. The van der Waals surface area contributed by atoms with Crippen molar-refractivity contribution in [3.8, 4) is 5.75 Å². The van der Waals surface area contributed by atoms with E-state index in [4.69, 9.17) is 4.74 Å². The lowest BCUT2D eigenvalue weighted by Gasteiger charge is -2.27. The van der Waals surface area contributed by atoms with Crippen LogP contribution in [0, 0.1) is 6.92 Å². The number of benzene rings is 1. The van der Waals surface area contributed by atoms with Crippen molar-refractivity contribution in [2.75, 3.05) is 6.54 Å². The summed E-state index contributed by atoms with van der Waals surface area (Å²) in [5.41, 5.74) is 3.00. The smallest absolute Gasteiger partial charge is 0.272 e. The number of carbonyl (C=O) groups is 1. The van der Waals surface area contributed by atoms with Crippen molar-refractivity contribution in [1.82, 2.24) is 24.6 Å². The van der Waals surface area contributed by atoms with Crippen molar-refractivity contribution >= 4 is 5.91 Å². The number of rotatable bonds is 5. The van der Waals surface area contributed by atoms with Gasteiger partial charge in [0, 0.05) is 18.9 Å². The average Bonchev–Trinajstić information content (AvgIpc) is 3.09. The minimum atomic E-state index is -0.0419. The van der Waals surface area contributed by atoms with Crippen molar-refractivity contribution in [3.05, 3.63) is 71.6 Å². The number of carbonyl (C=O) groups excluding carboxylic acids is 1. The van der Waals surface area contributed by atoms with Gasteiger partial charge in [0.05, 0.1) is 24.5 Å². The summed E-state index contributed by atoms with van der Waals surface area (Å²) in [5.74, 6) is 0.740. The average molecular weight is 349 g/mol. The van der Waals surface area contributed by atoms with Crippen LogP contribution in [0.25, 0.3) is 0 Å². The first-order valence-electron chi connectivity index (χ1n) is 8.51. The zero-order chi connectivity index (χ0) is 17.9. The molecule has 7 heteroatoms. The molecule has 0 unspecified atom stereocenters. The van der Waals surface area contributed by atoms with Crippen molar-refractivity contribution in [3.63, 3.8) is 0 Å². The third-order valence-corrected chi connectivity index (χ3v) is 4.37. The summed E-state index contributed by atoms with van der Waals surface area (Å²) >= 11 is 0. The molecule has 26 heavy (non-hydrogen) atoms. The van der Waals surface area contributed by atoms with Gasteiger partial charge in [-0.3, -0.25) is 19.4 Å². The van der Waals surface area contributed by atoms with Crippen LogP contribution in [0.2, 0.25) is 0 Å². The summed E-state index contributed by atoms with van der Waals surface area (Å²) in [6.45, 7) is 3.95. The number of para-hydroxylation sites is 1.